The molecule has 1 aromatic heterocycles. The van der Waals surface area contributed by atoms with Crippen LogP contribution >= 0.6 is 11.6 Å². The highest BCUT2D eigenvalue weighted by atomic mass is 35.5. The van der Waals surface area contributed by atoms with Crippen molar-refractivity contribution in [3.63, 3.8) is 0 Å². The lowest BCUT2D eigenvalue weighted by Crippen LogP contribution is -2.27. The lowest BCUT2D eigenvalue weighted by molar-refractivity contribution is -0.158. The van der Waals surface area contributed by atoms with E-state index in [4.69, 9.17) is 21.1 Å². The number of rotatable bonds is 4. The van der Waals surface area contributed by atoms with Crippen LogP contribution in [0.5, 0.6) is 0 Å². The van der Waals surface area contributed by atoms with Crippen LogP contribution in [0.1, 0.15) is 36.8 Å². The molecule has 1 heterocycles. The van der Waals surface area contributed by atoms with Gasteiger partial charge in [-0.05, 0) is 52.0 Å². The molecule has 1 aromatic carbocycles. The highest BCUT2D eigenvalue weighted by Gasteiger charge is 2.24. The Labute approximate surface area is 149 Å². The van der Waals surface area contributed by atoms with Crippen molar-refractivity contribution in [1.29, 1.82) is 0 Å². The first kappa shape index (κ1) is 18.9. The average Bonchev–Trinajstić information content (AvgIpc) is 2.79. The summed E-state index contributed by atoms with van der Waals surface area (Å²) in [7, 11) is 0. The van der Waals surface area contributed by atoms with E-state index in [1.54, 1.807) is 27.7 Å². The van der Waals surface area contributed by atoms with Crippen LogP contribution < -0.4 is 0 Å². The third-order valence-corrected chi connectivity index (χ3v) is 3.37. The first-order valence-corrected chi connectivity index (χ1v) is 7.86. The number of aryl methyl sites for hydroxylation is 1. The molecule has 0 saturated heterocycles. The summed E-state index contributed by atoms with van der Waals surface area (Å²) in [6.45, 7) is 6.17. The highest BCUT2D eigenvalue weighted by molar-refractivity contribution is 6.33. The molecule has 0 aliphatic heterocycles. The van der Waals surface area contributed by atoms with Crippen LogP contribution in [-0.2, 0) is 14.3 Å². The smallest absolute Gasteiger partial charge is 0.344 e. The van der Waals surface area contributed by atoms with E-state index in [0.29, 0.717) is 11.4 Å². The predicted molar refractivity (Wildman–Crippen MR) is 89.4 cm³/mol. The van der Waals surface area contributed by atoms with Crippen molar-refractivity contribution in [3.05, 3.63) is 46.5 Å². The van der Waals surface area contributed by atoms with Crippen molar-refractivity contribution >= 4 is 23.5 Å². The summed E-state index contributed by atoms with van der Waals surface area (Å²) in [5.74, 6) is -1.86. The van der Waals surface area contributed by atoms with Gasteiger partial charge in [0.2, 0.25) is 0 Å². The molecule has 0 bridgehead atoms. The quantitative estimate of drug-likeness (QED) is 0.773. The highest BCUT2D eigenvalue weighted by Crippen LogP contribution is 2.24. The second kappa shape index (κ2) is 7.23. The van der Waals surface area contributed by atoms with Crippen LogP contribution in [0.2, 0.25) is 5.15 Å². The minimum absolute atomic E-state index is 0.0123. The number of carbonyl (C=O) groups is 2. The first-order valence-electron chi connectivity index (χ1n) is 7.48. The molecule has 2 rings (SSSR count). The van der Waals surface area contributed by atoms with E-state index in [1.165, 1.54) is 28.9 Å². The summed E-state index contributed by atoms with van der Waals surface area (Å²) < 4.78 is 24.3. The number of nitrogens with zero attached hydrogens (tertiary/aromatic N) is 2. The maximum absolute atomic E-state index is 13.0. The Morgan fingerprint density at radius 1 is 1.24 bits per heavy atom. The van der Waals surface area contributed by atoms with Crippen LogP contribution in [0.15, 0.2) is 24.3 Å². The van der Waals surface area contributed by atoms with E-state index in [-0.39, 0.29) is 10.7 Å². The molecule has 6 nitrogen and oxygen atoms in total. The van der Waals surface area contributed by atoms with Gasteiger partial charge in [0, 0.05) is 0 Å². The van der Waals surface area contributed by atoms with E-state index in [1.807, 2.05) is 0 Å². The molecule has 0 amide bonds. The maximum atomic E-state index is 13.0. The molecular formula is C17H18ClFN2O4. The number of ether oxygens (including phenoxy) is 2. The topological polar surface area (TPSA) is 70.4 Å². The van der Waals surface area contributed by atoms with Gasteiger partial charge in [-0.3, -0.25) is 0 Å². The molecule has 0 radical (unpaired) electrons. The number of esters is 2. The molecule has 2 aromatic rings. The molecule has 0 atom stereocenters. The fourth-order valence-corrected chi connectivity index (χ4v) is 2.40. The first-order chi connectivity index (χ1) is 11.6. The largest absolute Gasteiger partial charge is 0.457 e. The van der Waals surface area contributed by atoms with E-state index < -0.39 is 30.0 Å². The van der Waals surface area contributed by atoms with Crippen LogP contribution in [0.3, 0.4) is 0 Å². The number of hydrogen-bond donors (Lipinski definition) is 0. The summed E-state index contributed by atoms with van der Waals surface area (Å²) in [4.78, 5) is 23.9. The van der Waals surface area contributed by atoms with Crippen LogP contribution in [0.25, 0.3) is 5.69 Å². The second-order valence-electron chi connectivity index (χ2n) is 6.30. The zero-order valence-corrected chi connectivity index (χ0v) is 15.1. The van der Waals surface area contributed by atoms with Gasteiger partial charge in [0.1, 0.15) is 22.1 Å². The van der Waals surface area contributed by atoms with Gasteiger partial charge in [-0.25, -0.2) is 18.7 Å². The molecule has 0 aliphatic rings. The number of benzene rings is 1. The van der Waals surface area contributed by atoms with Gasteiger partial charge in [0.05, 0.1) is 11.4 Å². The standard InChI is InChI=1S/C17H18ClFN2O4/c1-10-14(16(23)24-9-13(22)25-17(2,3)4)15(18)21(20-10)12-7-5-11(19)6-8-12/h5-8H,9H2,1-4H3. The molecule has 25 heavy (non-hydrogen) atoms. The van der Waals surface area contributed by atoms with Crippen LogP contribution in [0.4, 0.5) is 4.39 Å². The lowest BCUT2D eigenvalue weighted by Gasteiger charge is -2.19. The van der Waals surface area contributed by atoms with Crippen molar-refractivity contribution < 1.29 is 23.5 Å². The number of aromatic nitrogens is 2. The van der Waals surface area contributed by atoms with Crippen molar-refractivity contribution in [2.75, 3.05) is 6.61 Å². The molecule has 0 saturated carbocycles. The molecule has 0 fully saturated rings. The summed E-state index contributed by atoms with van der Waals surface area (Å²) in [6, 6.07) is 5.46. The van der Waals surface area contributed by atoms with Crippen molar-refractivity contribution in [2.24, 2.45) is 0 Å². The maximum Gasteiger partial charge on any atom is 0.344 e. The van der Waals surface area contributed by atoms with Crippen molar-refractivity contribution in [3.8, 4) is 5.69 Å². The monoisotopic (exact) mass is 368 g/mol. The molecular weight excluding hydrogens is 351 g/mol. The molecule has 0 N–H and O–H groups in total. The SMILES string of the molecule is Cc1nn(-c2ccc(F)cc2)c(Cl)c1C(=O)OCC(=O)OC(C)(C)C. The van der Waals surface area contributed by atoms with Gasteiger partial charge < -0.3 is 9.47 Å². The van der Waals surface area contributed by atoms with Gasteiger partial charge in [0.25, 0.3) is 0 Å². The zero-order chi connectivity index (χ0) is 18.8. The Morgan fingerprint density at radius 3 is 2.40 bits per heavy atom. The van der Waals surface area contributed by atoms with E-state index in [0.717, 1.165) is 0 Å². The van der Waals surface area contributed by atoms with Crippen molar-refractivity contribution in [1.82, 2.24) is 9.78 Å². The van der Waals surface area contributed by atoms with Crippen molar-refractivity contribution in [2.45, 2.75) is 33.3 Å². The van der Waals surface area contributed by atoms with E-state index in [2.05, 4.69) is 5.10 Å². The van der Waals surface area contributed by atoms with Crippen LogP contribution in [-0.4, -0.2) is 33.9 Å². The normalized spacial score (nSPS) is 11.3. The molecule has 8 heteroatoms. The van der Waals surface area contributed by atoms with Gasteiger partial charge in [0.15, 0.2) is 6.61 Å². The van der Waals surface area contributed by atoms with Gasteiger partial charge >= 0.3 is 11.9 Å². The Morgan fingerprint density at radius 2 is 1.84 bits per heavy atom. The second-order valence-corrected chi connectivity index (χ2v) is 6.66. The fraction of sp³-hybridized carbons (Fsp3) is 0.353. The van der Waals surface area contributed by atoms with E-state index >= 15 is 0 Å². The minimum atomic E-state index is -0.790. The summed E-state index contributed by atoms with van der Waals surface area (Å²) in [5, 5.41) is 4.18. The predicted octanol–water partition coefficient (Wildman–Crippen LogP) is 3.47. The summed E-state index contributed by atoms with van der Waals surface area (Å²) >= 11 is 6.21. The average molecular weight is 369 g/mol. The fourth-order valence-electron chi connectivity index (χ4n) is 2.05. The number of carbonyl (C=O) groups excluding carboxylic acids is 2. The number of halogens is 2. The summed E-state index contributed by atoms with van der Waals surface area (Å²) in [5.41, 5.74) is 0.170. The molecule has 134 valence electrons. The Bertz CT molecular complexity index is 794. The molecule has 0 spiro atoms. The molecule has 0 unspecified atom stereocenters. The van der Waals surface area contributed by atoms with Crippen LogP contribution in [0, 0.1) is 12.7 Å². The van der Waals surface area contributed by atoms with Gasteiger partial charge in [-0.1, -0.05) is 11.6 Å². The Kier molecular flexibility index (Phi) is 5.47. The van der Waals surface area contributed by atoms with Gasteiger partial charge in [-0.15, -0.1) is 0 Å². The number of hydrogen-bond acceptors (Lipinski definition) is 5. The third-order valence-electron chi connectivity index (χ3n) is 3.02. The van der Waals surface area contributed by atoms with Gasteiger partial charge in [-0.2, -0.15) is 5.10 Å². The van der Waals surface area contributed by atoms with E-state index in [9.17, 15) is 14.0 Å². The minimum Gasteiger partial charge on any atom is -0.457 e. The molecule has 0 aliphatic carbocycles. The third kappa shape index (κ3) is 4.79. The lowest BCUT2D eigenvalue weighted by atomic mass is 10.2. The summed E-state index contributed by atoms with van der Waals surface area (Å²) in [6.07, 6.45) is 0. The zero-order valence-electron chi connectivity index (χ0n) is 14.3. The Balaban J connectivity index is 2.15. The Hall–Kier alpha value is -2.41.